The zero-order valence-corrected chi connectivity index (χ0v) is 13.9. The summed E-state index contributed by atoms with van der Waals surface area (Å²) in [6.45, 7) is 3.43. The third-order valence-corrected chi connectivity index (χ3v) is 4.62. The van der Waals surface area contributed by atoms with Gasteiger partial charge in [0.1, 0.15) is 0 Å². The average Bonchev–Trinajstić information content (AvgIpc) is 3.26. The topological polar surface area (TPSA) is 70.7 Å². The Morgan fingerprint density at radius 3 is 2.96 bits per heavy atom. The van der Waals surface area contributed by atoms with Crippen molar-refractivity contribution in [1.82, 2.24) is 10.6 Å². The van der Waals surface area contributed by atoms with Gasteiger partial charge in [0.05, 0.1) is 6.61 Å². The molecule has 1 aromatic rings. The molecule has 2 N–H and O–H groups in total. The van der Waals surface area contributed by atoms with E-state index < -0.39 is 0 Å². The molecule has 0 radical (unpaired) electrons. The van der Waals surface area contributed by atoms with Gasteiger partial charge in [-0.1, -0.05) is 18.2 Å². The molecule has 6 nitrogen and oxygen atoms in total. The van der Waals surface area contributed by atoms with E-state index in [1.54, 1.807) is 0 Å². The Kier molecular flexibility index (Phi) is 5.69. The first-order valence-electron chi connectivity index (χ1n) is 8.72. The highest BCUT2D eigenvalue weighted by atomic mass is 16.5. The fourth-order valence-electron chi connectivity index (χ4n) is 3.22. The zero-order valence-electron chi connectivity index (χ0n) is 13.9. The van der Waals surface area contributed by atoms with Crippen LogP contribution >= 0.6 is 0 Å². The van der Waals surface area contributed by atoms with E-state index in [1.807, 2.05) is 23.1 Å². The van der Waals surface area contributed by atoms with Gasteiger partial charge in [0.25, 0.3) is 0 Å². The molecule has 24 heavy (non-hydrogen) atoms. The van der Waals surface area contributed by atoms with Crippen LogP contribution in [0.4, 0.5) is 10.5 Å². The Morgan fingerprint density at radius 2 is 2.12 bits per heavy atom. The lowest BCUT2D eigenvalue weighted by molar-refractivity contribution is -0.118. The first kappa shape index (κ1) is 16.8. The molecule has 0 saturated carbocycles. The molecular weight excluding hydrogens is 306 g/mol. The zero-order chi connectivity index (χ0) is 16.8. The second-order valence-corrected chi connectivity index (χ2v) is 6.39. The highest BCUT2D eigenvalue weighted by molar-refractivity contribution is 5.95. The number of hydrogen-bond donors (Lipinski definition) is 2. The standard InChI is InChI=1S/C18H25N3O3/c22-17(21-10-7-15-4-1-2-5-16(15)21)6-3-9-19-18(23)20-12-14-8-11-24-13-14/h1-2,4-5,14H,3,6-13H2,(H2,19,20,23). The minimum Gasteiger partial charge on any atom is -0.381 e. The molecule has 130 valence electrons. The maximum Gasteiger partial charge on any atom is 0.314 e. The van der Waals surface area contributed by atoms with Crippen LogP contribution in [0.25, 0.3) is 0 Å². The molecule has 1 aromatic carbocycles. The van der Waals surface area contributed by atoms with Crippen molar-refractivity contribution in [2.45, 2.75) is 25.7 Å². The van der Waals surface area contributed by atoms with Crippen molar-refractivity contribution in [2.75, 3.05) is 37.7 Å². The summed E-state index contributed by atoms with van der Waals surface area (Å²) >= 11 is 0. The van der Waals surface area contributed by atoms with Crippen LogP contribution in [0.15, 0.2) is 24.3 Å². The molecule has 3 amide bonds. The quantitative estimate of drug-likeness (QED) is 0.779. The molecule has 3 rings (SSSR count). The number of anilines is 1. The largest absolute Gasteiger partial charge is 0.381 e. The van der Waals surface area contributed by atoms with E-state index in [-0.39, 0.29) is 11.9 Å². The van der Waals surface area contributed by atoms with Crippen LogP contribution in [0.2, 0.25) is 0 Å². The highest BCUT2D eigenvalue weighted by Crippen LogP contribution is 2.27. The number of ether oxygens (including phenoxy) is 1. The Bertz CT molecular complexity index is 585. The summed E-state index contributed by atoms with van der Waals surface area (Å²) in [5.74, 6) is 0.554. The Labute approximate surface area is 142 Å². The number of para-hydroxylation sites is 1. The van der Waals surface area contributed by atoms with Crippen LogP contribution in [0.5, 0.6) is 0 Å². The smallest absolute Gasteiger partial charge is 0.314 e. The Hall–Kier alpha value is -2.08. The van der Waals surface area contributed by atoms with E-state index >= 15 is 0 Å². The highest BCUT2D eigenvalue weighted by Gasteiger charge is 2.23. The van der Waals surface area contributed by atoms with Crippen LogP contribution in [-0.2, 0) is 16.0 Å². The van der Waals surface area contributed by atoms with Crippen LogP contribution in [0.3, 0.4) is 0 Å². The van der Waals surface area contributed by atoms with E-state index in [2.05, 4.69) is 16.7 Å². The van der Waals surface area contributed by atoms with Gasteiger partial charge in [-0.25, -0.2) is 4.79 Å². The summed E-state index contributed by atoms with van der Waals surface area (Å²) in [7, 11) is 0. The summed E-state index contributed by atoms with van der Waals surface area (Å²) < 4.78 is 5.27. The molecule has 1 atom stereocenters. The van der Waals surface area contributed by atoms with Crippen molar-refractivity contribution >= 4 is 17.6 Å². The van der Waals surface area contributed by atoms with E-state index in [9.17, 15) is 9.59 Å². The SMILES string of the molecule is O=C(NCCCC(=O)N1CCc2ccccc21)NCC1CCOC1. The maximum absolute atomic E-state index is 12.3. The van der Waals surface area contributed by atoms with Crippen LogP contribution in [0.1, 0.15) is 24.8 Å². The Morgan fingerprint density at radius 1 is 1.25 bits per heavy atom. The summed E-state index contributed by atoms with van der Waals surface area (Å²) in [5, 5.41) is 5.67. The molecule has 1 unspecified atom stereocenters. The second kappa shape index (κ2) is 8.15. The number of urea groups is 1. The number of hydrogen-bond acceptors (Lipinski definition) is 3. The normalized spacial score (nSPS) is 19.2. The monoisotopic (exact) mass is 331 g/mol. The molecule has 6 heteroatoms. The number of amides is 3. The molecule has 2 heterocycles. The number of nitrogens with one attached hydrogen (secondary N) is 2. The van der Waals surface area contributed by atoms with Crippen LogP contribution < -0.4 is 15.5 Å². The van der Waals surface area contributed by atoms with E-state index in [1.165, 1.54) is 5.56 Å². The number of rotatable bonds is 6. The molecule has 2 aliphatic rings. The van der Waals surface area contributed by atoms with Gasteiger partial charge in [0.15, 0.2) is 0 Å². The van der Waals surface area contributed by atoms with Crippen LogP contribution in [0, 0.1) is 5.92 Å². The predicted molar refractivity (Wildman–Crippen MR) is 92.1 cm³/mol. The minimum absolute atomic E-state index is 0.130. The lowest BCUT2D eigenvalue weighted by Gasteiger charge is -2.17. The molecule has 0 spiro atoms. The number of fused-ring (bicyclic) bond motifs is 1. The molecule has 2 aliphatic heterocycles. The molecule has 0 aromatic heterocycles. The third-order valence-electron chi connectivity index (χ3n) is 4.62. The molecular formula is C18H25N3O3. The van der Waals surface area contributed by atoms with Gasteiger partial charge in [-0.05, 0) is 30.9 Å². The van der Waals surface area contributed by atoms with E-state index in [0.29, 0.717) is 31.8 Å². The number of carbonyl (C=O) groups excluding carboxylic acids is 2. The van der Waals surface area contributed by atoms with Crippen molar-refractivity contribution in [3.8, 4) is 0 Å². The van der Waals surface area contributed by atoms with Crippen molar-refractivity contribution < 1.29 is 14.3 Å². The van der Waals surface area contributed by atoms with E-state index in [4.69, 9.17) is 4.74 Å². The lowest BCUT2D eigenvalue weighted by Crippen LogP contribution is -2.39. The van der Waals surface area contributed by atoms with Gasteiger partial charge >= 0.3 is 6.03 Å². The number of nitrogens with zero attached hydrogens (tertiary/aromatic N) is 1. The second-order valence-electron chi connectivity index (χ2n) is 6.39. The van der Waals surface area contributed by atoms with Crippen molar-refractivity contribution in [3.63, 3.8) is 0 Å². The average molecular weight is 331 g/mol. The van der Waals surface area contributed by atoms with Gasteiger partial charge < -0.3 is 20.3 Å². The van der Waals surface area contributed by atoms with Gasteiger partial charge in [-0.3, -0.25) is 4.79 Å². The maximum atomic E-state index is 12.3. The molecule has 0 aliphatic carbocycles. The van der Waals surface area contributed by atoms with Crippen molar-refractivity contribution in [3.05, 3.63) is 29.8 Å². The van der Waals surface area contributed by atoms with Gasteiger partial charge in [-0.2, -0.15) is 0 Å². The predicted octanol–water partition coefficient (Wildman–Crippen LogP) is 1.69. The fourth-order valence-corrected chi connectivity index (χ4v) is 3.22. The number of benzene rings is 1. The minimum atomic E-state index is -0.166. The Balaban J connectivity index is 1.32. The fraction of sp³-hybridized carbons (Fsp3) is 0.556. The first-order valence-corrected chi connectivity index (χ1v) is 8.72. The summed E-state index contributed by atoms with van der Waals surface area (Å²) in [5.41, 5.74) is 2.27. The summed E-state index contributed by atoms with van der Waals surface area (Å²) in [6.07, 6.45) is 3.03. The number of carbonyl (C=O) groups is 2. The van der Waals surface area contributed by atoms with Crippen molar-refractivity contribution in [2.24, 2.45) is 5.92 Å². The summed E-state index contributed by atoms with van der Waals surface area (Å²) in [4.78, 5) is 25.9. The third kappa shape index (κ3) is 4.26. The van der Waals surface area contributed by atoms with Crippen LogP contribution in [-0.4, -0.2) is 44.8 Å². The molecule has 1 saturated heterocycles. The summed E-state index contributed by atoms with van der Waals surface area (Å²) in [6, 6.07) is 7.88. The van der Waals surface area contributed by atoms with Gasteiger partial charge in [0, 0.05) is 44.3 Å². The van der Waals surface area contributed by atoms with Crippen molar-refractivity contribution in [1.29, 1.82) is 0 Å². The molecule has 1 fully saturated rings. The first-order chi connectivity index (χ1) is 11.7. The molecule has 0 bridgehead atoms. The van der Waals surface area contributed by atoms with Gasteiger partial charge in [-0.15, -0.1) is 0 Å². The lowest BCUT2D eigenvalue weighted by atomic mass is 10.1. The van der Waals surface area contributed by atoms with E-state index in [0.717, 1.165) is 38.3 Å². The van der Waals surface area contributed by atoms with Gasteiger partial charge in [0.2, 0.25) is 5.91 Å².